The molecule has 2 rings (SSSR count). The van der Waals surface area contributed by atoms with Crippen molar-refractivity contribution in [1.29, 1.82) is 31.6 Å². The molecule has 23 heavy (non-hydrogen) atoms. The summed E-state index contributed by atoms with van der Waals surface area (Å²) in [5.74, 6) is -0.273. The number of rotatable bonds is 0. The summed E-state index contributed by atoms with van der Waals surface area (Å²) in [5.41, 5.74) is -6.16. The van der Waals surface area contributed by atoms with Gasteiger partial charge in [-0.2, -0.15) is 43.9 Å². The predicted molar refractivity (Wildman–Crippen MR) is 76.3 cm³/mol. The van der Waals surface area contributed by atoms with Crippen molar-refractivity contribution >= 4 is 0 Å². The van der Waals surface area contributed by atoms with Crippen molar-refractivity contribution in [3.05, 3.63) is 5.92 Å². The van der Waals surface area contributed by atoms with Crippen LogP contribution in [0.15, 0.2) is 0 Å². The molecule has 0 heterocycles. The van der Waals surface area contributed by atoms with E-state index in [1.54, 1.807) is 36.4 Å². The van der Waals surface area contributed by atoms with E-state index < -0.39 is 22.2 Å². The summed E-state index contributed by atoms with van der Waals surface area (Å²) >= 11 is 0. The topological polar surface area (TPSA) is 143 Å². The summed E-state index contributed by atoms with van der Waals surface area (Å²) in [5, 5.41) is 55.4. The summed E-state index contributed by atoms with van der Waals surface area (Å²) < 4.78 is 1.00. The number of nitrogens with zero attached hydrogens (tertiary/aromatic N) is 7. The minimum Gasteiger partial charge on any atom is -0.333 e. The van der Waals surface area contributed by atoms with Gasteiger partial charge in [-0.25, -0.2) is 0 Å². The van der Waals surface area contributed by atoms with Crippen molar-refractivity contribution in [2.75, 3.05) is 28.2 Å². The monoisotopic (exact) mass is 305 g/mol. The number of hydrogen-bond donors (Lipinski definition) is 0. The minimum absolute atomic E-state index is 0.271. The fraction of sp³-hybridized carbons (Fsp3) is 0.562. The van der Waals surface area contributed by atoms with Crippen LogP contribution < -0.4 is 0 Å². The van der Waals surface area contributed by atoms with E-state index in [9.17, 15) is 31.6 Å². The Morgan fingerprint density at radius 1 is 0.783 bits per heavy atom. The van der Waals surface area contributed by atoms with Crippen LogP contribution in [0.1, 0.15) is 6.42 Å². The van der Waals surface area contributed by atoms with E-state index in [1.165, 1.54) is 0 Å². The molecule has 114 valence electrons. The Bertz CT molecular complexity index is 667. The number of quaternary nitrogens is 1. The molecule has 0 radical (unpaired) electrons. The smallest absolute Gasteiger partial charge is 0.177 e. The van der Waals surface area contributed by atoms with Crippen LogP contribution in [0.4, 0.5) is 0 Å². The third-order valence-electron chi connectivity index (χ3n) is 3.87. The van der Waals surface area contributed by atoms with Crippen molar-refractivity contribution in [2.45, 2.75) is 6.42 Å². The van der Waals surface area contributed by atoms with Gasteiger partial charge in [0.05, 0.1) is 70.0 Å². The third kappa shape index (κ3) is 2.08. The second-order valence-corrected chi connectivity index (χ2v) is 6.94. The molecule has 0 bridgehead atoms. The lowest BCUT2D eigenvalue weighted by molar-refractivity contribution is -0.849. The summed E-state index contributed by atoms with van der Waals surface area (Å²) in [6, 6.07) is 9.99. The molecule has 0 aromatic rings. The maximum atomic E-state index is 9.26. The predicted octanol–water partition coefficient (Wildman–Crippen LogP) is 1.02. The van der Waals surface area contributed by atoms with Gasteiger partial charge in [0.15, 0.2) is 5.41 Å². The van der Waals surface area contributed by atoms with E-state index in [2.05, 4.69) is 28.2 Å². The van der Waals surface area contributed by atoms with Crippen molar-refractivity contribution < 1.29 is 4.48 Å². The molecule has 2 aliphatic carbocycles. The number of hydrogen-bond acceptors (Lipinski definition) is 6. The molecule has 7 nitrogen and oxygen atoms in total. The van der Waals surface area contributed by atoms with Gasteiger partial charge < -0.3 is 4.48 Å². The zero-order chi connectivity index (χ0) is 18.1. The normalized spacial score (nSPS) is 24.5. The molecule has 1 unspecified atom stereocenters. The summed E-state index contributed by atoms with van der Waals surface area (Å²) in [6.45, 7) is 0. The van der Waals surface area contributed by atoms with Gasteiger partial charge in [0.25, 0.3) is 0 Å². The SMILES string of the molecule is C[N+](C)(C)C.N#CC1(C#N)[C-]2CC2C(C#N)(C#N)C1(C#N)C#N. The molecule has 1 atom stereocenters. The Balaban J connectivity index is 0.000000463. The highest BCUT2D eigenvalue weighted by molar-refractivity contribution is 5.62. The molecule has 0 aromatic carbocycles. The van der Waals surface area contributed by atoms with Crippen molar-refractivity contribution in [3.8, 4) is 36.4 Å². The van der Waals surface area contributed by atoms with E-state index in [1.807, 2.05) is 0 Å². The van der Waals surface area contributed by atoms with Crippen molar-refractivity contribution in [1.82, 2.24) is 0 Å². The highest BCUT2D eigenvalue weighted by Crippen LogP contribution is 2.78. The lowest BCUT2D eigenvalue weighted by atomic mass is 9.56. The van der Waals surface area contributed by atoms with Gasteiger partial charge in [0.1, 0.15) is 5.41 Å². The Morgan fingerprint density at radius 2 is 1.17 bits per heavy atom. The Morgan fingerprint density at radius 3 is 1.43 bits per heavy atom. The molecule has 0 spiro atoms. The third-order valence-corrected chi connectivity index (χ3v) is 3.87. The maximum absolute atomic E-state index is 9.26. The standard InChI is InChI=1S/C12H3N6.C4H12N/c13-2-10(3-14)8-1-9(8)11(4-15,5-16)12(10,6-17)7-18;1-5(2,3)4/h8H,1H2;1-4H3/q-1;+1. The van der Waals surface area contributed by atoms with Gasteiger partial charge in [0, 0.05) is 0 Å². The second-order valence-electron chi connectivity index (χ2n) is 6.94. The molecular weight excluding hydrogens is 290 g/mol. The first-order valence-electron chi connectivity index (χ1n) is 6.72. The number of fused-ring (bicyclic) bond motifs is 1. The van der Waals surface area contributed by atoms with Crippen molar-refractivity contribution in [3.63, 3.8) is 0 Å². The first-order chi connectivity index (χ1) is 10.6. The Kier molecular flexibility index (Phi) is 4.11. The molecule has 2 saturated carbocycles. The van der Waals surface area contributed by atoms with Crippen LogP contribution in [0.25, 0.3) is 0 Å². The molecule has 7 heteroatoms. The maximum Gasteiger partial charge on any atom is 0.177 e. The van der Waals surface area contributed by atoms with E-state index in [-0.39, 0.29) is 6.42 Å². The zero-order valence-electron chi connectivity index (χ0n) is 13.4. The molecule has 0 aliphatic heterocycles. The lowest BCUT2D eigenvalue weighted by Crippen LogP contribution is -2.46. The van der Waals surface area contributed by atoms with Gasteiger partial charge in [-0.15, -0.1) is 0 Å². The highest BCUT2D eigenvalue weighted by atomic mass is 15.2. The van der Waals surface area contributed by atoms with E-state index in [0.717, 1.165) is 4.48 Å². The molecule has 0 saturated heterocycles. The van der Waals surface area contributed by atoms with Crippen LogP contribution in [-0.4, -0.2) is 32.7 Å². The van der Waals surface area contributed by atoms with Gasteiger partial charge in [0.2, 0.25) is 0 Å². The molecular formula is C16H15N7. The van der Waals surface area contributed by atoms with Gasteiger partial charge in [-0.3, -0.25) is 5.92 Å². The van der Waals surface area contributed by atoms with Crippen LogP contribution in [-0.2, 0) is 0 Å². The fourth-order valence-corrected chi connectivity index (χ4v) is 2.84. The summed E-state index contributed by atoms with van der Waals surface area (Å²) in [7, 11) is 8.50. The van der Waals surface area contributed by atoms with Crippen LogP contribution in [0, 0.1) is 96.1 Å². The van der Waals surface area contributed by atoms with Gasteiger partial charge >= 0.3 is 0 Å². The average molecular weight is 305 g/mol. The second kappa shape index (κ2) is 5.27. The van der Waals surface area contributed by atoms with Crippen LogP contribution in [0.2, 0.25) is 0 Å². The van der Waals surface area contributed by atoms with Crippen LogP contribution in [0.5, 0.6) is 0 Å². The average Bonchev–Trinajstić information content (AvgIpc) is 3.25. The first kappa shape index (κ1) is 18.0. The lowest BCUT2D eigenvalue weighted by Gasteiger charge is -2.39. The van der Waals surface area contributed by atoms with Gasteiger partial charge in [-0.05, 0) is 0 Å². The molecule has 2 fully saturated rings. The fourth-order valence-electron chi connectivity index (χ4n) is 2.84. The molecule has 0 aromatic heterocycles. The molecule has 0 amide bonds. The van der Waals surface area contributed by atoms with E-state index in [4.69, 9.17) is 0 Å². The largest absolute Gasteiger partial charge is 0.333 e. The van der Waals surface area contributed by atoms with Crippen LogP contribution in [0.3, 0.4) is 0 Å². The zero-order valence-corrected chi connectivity index (χ0v) is 13.4. The van der Waals surface area contributed by atoms with Crippen molar-refractivity contribution in [2.24, 2.45) is 22.2 Å². The Hall–Kier alpha value is -3.10. The summed E-state index contributed by atoms with van der Waals surface area (Å²) in [6.07, 6.45) is 0.271. The van der Waals surface area contributed by atoms with Crippen LogP contribution >= 0.6 is 0 Å². The molecule has 0 N–H and O–H groups in total. The number of nitriles is 6. The van der Waals surface area contributed by atoms with E-state index in [0.29, 0.717) is 5.92 Å². The van der Waals surface area contributed by atoms with Gasteiger partial charge in [-0.1, -0.05) is 0 Å². The first-order valence-corrected chi connectivity index (χ1v) is 6.72. The highest BCUT2D eigenvalue weighted by Gasteiger charge is 2.77. The summed E-state index contributed by atoms with van der Waals surface area (Å²) in [4.78, 5) is 0. The molecule has 2 aliphatic rings. The van der Waals surface area contributed by atoms with E-state index >= 15 is 0 Å². The quantitative estimate of drug-likeness (QED) is 0.482. The Labute approximate surface area is 136 Å². The minimum atomic E-state index is -2.24.